The van der Waals surface area contributed by atoms with Crippen LogP contribution < -0.4 is 16.4 Å². The second-order valence-corrected chi connectivity index (χ2v) is 16.6. The third kappa shape index (κ3) is 5.17. The fraction of sp³-hybridized carbons (Fsp3) is 0.0182. The Morgan fingerprint density at radius 2 is 0.931 bits per heavy atom. The Morgan fingerprint density at radius 3 is 1.55 bits per heavy atom. The van der Waals surface area contributed by atoms with Crippen molar-refractivity contribution in [3.63, 3.8) is 0 Å². The molecule has 3 heteroatoms. The molecule has 1 aliphatic rings. The Kier molecular flexibility index (Phi) is 7.64. The smallest absolute Gasteiger partial charge is 0.243 e. The Labute approximate surface area is 342 Å². The van der Waals surface area contributed by atoms with Gasteiger partial charge in [-0.25, -0.2) is 0 Å². The fourth-order valence-electron chi connectivity index (χ4n) is 9.82. The first kappa shape index (κ1) is 33.2. The summed E-state index contributed by atoms with van der Waals surface area (Å²) in [6.07, 6.45) is 0.953. The van der Waals surface area contributed by atoms with Crippen molar-refractivity contribution in [3.05, 3.63) is 217 Å². The SMILES string of the molecule is c1ccc(-c2cc(-c3cccc4c3sc3ccc(-n5c6ccccc6c6ccccc65)cc34)cc(-c3ccccc3)c2B2c3ccccc3Cc3ccccc32)cc1. The van der Waals surface area contributed by atoms with Crippen LogP contribution >= 0.6 is 11.3 Å². The monoisotopic (exact) mass is 753 g/mol. The summed E-state index contributed by atoms with van der Waals surface area (Å²) in [4.78, 5) is 0. The van der Waals surface area contributed by atoms with E-state index in [2.05, 4.69) is 211 Å². The summed E-state index contributed by atoms with van der Waals surface area (Å²) in [5.41, 5.74) is 18.1. The lowest BCUT2D eigenvalue weighted by molar-refractivity contribution is 1.19. The van der Waals surface area contributed by atoms with Crippen molar-refractivity contribution in [2.24, 2.45) is 0 Å². The number of fused-ring (bicyclic) bond motifs is 8. The summed E-state index contributed by atoms with van der Waals surface area (Å²) in [5, 5.41) is 5.15. The maximum atomic E-state index is 2.49. The molecule has 0 fully saturated rings. The molecule has 3 heterocycles. The molecule has 11 aromatic rings. The summed E-state index contributed by atoms with van der Waals surface area (Å²) in [6.45, 7) is 0.0833. The van der Waals surface area contributed by atoms with Crippen LogP contribution in [0.2, 0.25) is 0 Å². The molecule has 0 saturated heterocycles. The largest absolute Gasteiger partial charge is 0.309 e. The molecular formula is C55H36BNS. The van der Waals surface area contributed by atoms with E-state index in [-0.39, 0.29) is 6.71 Å². The van der Waals surface area contributed by atoms with Crippen molar-refractivity contribution in [1.29, 1.82) is 0 Å². The fourth-order valence-corrected chi connectivity index (χ4v) is 11.0. The molecule has 0 radical (unpaired) electrons. The van der Waals surface area contributed by atoms with Crippen LogP contribution in [0.4, 0.5) is 0 Å². The number of nitrogens with zero attached hydrogens (tertiary/aromatic N) is 1. The van der Waals surface area contributed by atoms with Gasteiger partial charge in [0, 0.05) is 36.6 Å². The molecule has 0 aliphatic carbocycles. The molecule has 1 nitrogen and oxygen atoms in total. The summed E-state index contributed by atoms with van der Waals surface area (Å²) < 4.78 is 5.04. The zero-order chi connectivity index (χ0) is 38.2. The van der Waals surface area contributed by atoms with E-state index < -0.39 is 0 Å². The number of hydrogen-bond donors (Lipinski definition) is 0. The van der Waals surface area contributed by atoms with Crippen LogP contribution in [0, 0.1) is 0 Å². The van der Waals surface area contributed by atoms with Crippen LogP contribution in [0.25, 0.3) is 81.0 Å². The van der Waals surface area contributed by atoms with Gasteiger partial charge in [0.2, 0.25) is 6.71 Å². The van der Waals surface area contributed by atoms with Gasteiger partial charge in [-0.3, -0.25) is 0 Å². The normalized spacial score (nSPS) is 12.4. The second-order valence-electron chi connectivity index (χ2n) is 15.6. The average Bonchev–Trinajstić information content (AvgIpc) is 3.84. The quantitative estimate of drug-likeness (QED) is 0.154. The molecule has 270 valence electrons. The van der Waals surface area contributed by atoms with Gasteiger partial charge < -0.3 is 4.57 Å². The van der Waals surface area contributed by atoms with Gasteiger partial charge in [0.15, 0.2) is 0 Å². The number of hydrogen-bond acceptors (Lipinski definition) is 1. The summed E-state index contributed by atoms with van der Waals surface area (Å²) in [6, 6.07) is 76.7. The zero-order valence-electron chi connectivity index (χ0n) is 31.8. The van der Waals surface area contributed by atoms with Gasteiger partial charge in [0.25, 0.3) is 0 Å². The van der Waals surface area contributed by atoms with E-state index >= 15 is 0 Å². The number of rotatable bonds is 5. The lowest BCUT2D eigenvalue weighted by atomic mass is 9.32. The Balaban J connectivity index is 1.12. The van der Waals surface area contributed by atoms with Crippen LogP contribution in [-0.2, 0) is 6.42 Å². The topological polar surface area (TPSA) is 4.93 Å². The molecule has 0 spiro atoms. The lowest BCUT2D eigenvalue weighted by Crippen LogP contribution is -2.58. The van der Waals surface area contributed by atoms with Gasteiger partial charge in [0.1, 0.15) is 0 Å². The van der Waals surface area contributed by atoms with Gasteiger partial charge >= 0.3 is 0 Å². The lowest BCUT2D eigenvalue weighted by Gasteiger charge is -2.30. The first-order chi connectivity index (χ1) is 28.8. The van der Waals surface area contributed by atoms with Gasteiger partial charge in [-0.05, 0) is 93.4 Å². The third-order valence-electron chi connectivity index (χ3n) is 12.4. The molecular weight excluding hydrogens is 717 g/mol. The molecule has 0 unspecified atom stereocenters. The molecule has 0 N–H and O–H groups in total. The van der Waals surface area contributed by atoms with Gasteiger partial charge in [0.05, 0.1) is 11.0 Å². The van der Waals surface area contributed by atoms with Crippen molar-refractivity contribution < 1.29 is 0 Å². The minimum atomic E-state index is 0.0833. The van der Waals surface area contributed by atoms with E-state index in [0.717, 1.165) is 6.42 Å². The highest BCUT2D eigenvalue weighted by Gasteiger charge is 2.34. The standard InChI is InChI=1S/C55H36BNS/c1-3-16-36(17-4-1)46-33-40(34-47(37-18-5-2-6-19-37)54(46)56-49-26-11-7-20-38(49)32-39-21-8-12-27-50(39)56)42-24-15-25-45-48-35-41(30-31-53(48)58-55(42)45)57-51-28-13-9-22-43(51)44-23-10-14-29-52(44)57/h1-31,33-35H,32H2. The summed E-state index contributed by atoms with van der Waals surface area (Å²) in [7, 11) is 0. The summed E-state index contributed by atoms with van der Waals surface area (Å²) in [5.74, 6) is 0. The number of aromatic nitrogens is 1. The van der Waals surface area contributed by atoms with Crippen molar-refractivity contribution in [2.45, 2.75) is 6.42 Å². The highest BCUT2D eigenvalue weighted by atomic mass is 32.1. The molecule has 0 saturated carbocycles. The van der Waals surface area contributed by atoms with Crippen molar-refractivity contribution in [2.75, 3.05) is 0 Å². The minimum absolute atomic E-state index is 0.0833. The number of para-hydroxylation sites is 2. The number of benzene rings is 9. The van der Waals surface area contributed by atoms with Crippen molar-refractivity contribution >= 4 is 76.4 Å². The van der Waals surface area contributed by atoms with Gasteiger partial charge in [-0.2, -0.15) is 0 Å². The van der Waals surface area contributed by atoms with Crippen LogP contribution in [0.15, 0.2) is 206 Å². The van der Waals surface area contributed by atoms with E-state index in [1.807, 2.05) is 11.3 Å². The van der Waals surface area contributed by atoms with E-state index in [4.69, 9.17) is 0 Å². The predicted molar refractivity (Wildman–Crippen MR) is 250 cm³/mol. The van der Waals surface area contributed by atoms with E-state index in [1.54, 1.807) is 0 Å². The first-order valence-corrected chi connectivity index (χ1v) is 21.0. The van der Waals surface area contributed by atoms with Gasteiger partial charge in [-0.15, -0.1) is 11.3 Å². The van der Waals surface area contributed by atoms with E-state index in [1.165, 1.54) is 109 Å². The molecule has 0 atom stereocenters. The maximum absolute atomic E-state index is 2.49. The third-order valence-corrected chi connectivity index (χ3v) is 13.6. The molecule has 58 heavy (non-hydrogen) atoms. The van der Waals surface area contributed by atoms with Crippen LogP contribution in [0.5, 0.6) is 0 Å². The predicted octanol–water partition coefficient (Wildman–Crippen LogP) is 12.6. The second kappa shape index (κ2) is 13.3. The molecule has 0 bridgehead atoms. The molecule has 2 aromatic heterocycles. The molecule has 0 amide bonds. The van der Waals surface area contributed by atoms with Crippen molar-refractivity contribution in [3.8, 4) is 39.1 Å². The highest BCUT2D eigenvalue weighted by Crippen LogP contribution is 2.43. The minimum Gasteiger partial charge on any atom is -0.309 e. The van der Waals surface area contributed by atoms with E-state index in [0.29, 0.717) is 0 Å². The van der Waals surface area contributed by atoms with Crippen LogP contribution in [-0.4, -0.2) is 11.3 Å². The van der Waals surface area contributed by atoms with Crippen LogP contribution in [0.3, 0.4) is 0 Å². The van der Waals surface area contributed by atoms with Gasteiger partial charge in [-0.1, -0.05) is 180 Å². The Morgan fingerprint density at radius 1 is 0.397 bits per heavy atom. The molecule has 9 aromatic carbocycles. The average molecular weight is 754 g/mol. The number of thiophene rings is 1. The molecule has 12 rings (SSSR count). The molecule has 1 aliphatic heterocycles. The maximum Gasteiger partial charge on any atom is 0.243 e. The first-order valence-electron chi connectivity index (χ1n) is 20.2. The van der Waals surface area contributed by atoms with E-state index in [9.17, 15) is 0 Å². The zero-order valence-corrected chi connectivity index (χ0v) is 32.6. The van der Waals surface area contributed by atoms with Crippen molar-refractivity contribution in [1.82, 2.24) is 4.57 Å². The Bertz CT molecular complexity index is 3220. The highest BCUT2D eigenvalue weighted by molar-refractivity contribution is 7.26. The Hall–Kier alpha value is -6.94. The summed E-state index contributed by atoms with van der Waals surface area (Å²) >= 11 is 1.90. The van der Waals surface area contributed by atoms with Crippen LogP contribution in [0.1, 0.15) is 11.1 Å².